The molecule has 0 amide bonds. The predicted octanol–water partition coefficient (Wildman–Crippen LogP) is 6.61. The summed E-state index contributed by atoms with van der Waals surface area (Å²) in [6, 6.07) is 0. The second-order valence-electron chi connectivity index (χ2n) is 12.5. The molecule has 0 N–H and O–H groups in total. The highest BCUT2D eigenvalue weighted by Gasteiger charge is 2.71. The maximum absolute atomic E-state index is 2.71. The van der Waals surface area contributed by atoms with Crippen LogP contribution in [0.1, 0.15) is 67.2 Å². The van der Waals surface area contributed by atoms with Gasteiger partial charge in [-0.1, -0.05) is 54.4 Å². The van der Waals surface area contributed by atoms with Crippen LogP contribution in [0.15, 0.2) is 0 Å². The van der Waals surface area contributed by atoms with Crippen LogP contribution in [0.4, 0.5) is 0 Å². The average molecular weight is 355 g/mol. The second-order valence-corrected chi connectivity index (χ2v) is 12.5. The van der Waals surface area contributed by atoms with Crippen molar-refractivity contribution in [3.63, 3.8) is 0 Å². The summed E-state index contributed by atoms with van der Waals surface area (Å²) >= 11 is 0. The molecule has 0 bridgehead atoms. The van der Waals surface area contributed by atoms with Crippen LogP contribution in [0.5, 0.6) is 0 Å². The lowest BCUT2D eigenvalue weighted by atomic mass is 9.71. The zero-order valence-corrected chi connectivity index (χ0v) is 18.1. The van der Waals surface area contributed by atoms with Crippen molar-refractivity contribution in [3.05, 3.63) is 0 Å². The maximum atomic E-state index is 2.71. The quantitative estimate of drug-likeness (QED) is 0.459. The first-order valence-corrected chi connectivity index (χ1v) is 12.4. The van der Waals surface area contributed by atoms with Crippen LogP contribution < -0.4 is 0 Å². The molecule has 0 heterocycles. The van der Waals surface area contributed by atoms with Gasteiger partial charge in [-0.25, -0.2) is 0 Å². The molecule has 6 rings (SSSR count). The van der Waals surface area contributed by atoms with Gasteiger partial charge >= 0.3 is 0 Å². The van der Waals surface area contributed by atoms with E-state index in [1.54, 1.807) is 12.8 Å². The fourth-order valence-electron chi connectivity index (χ4n) is 12.2. The normalized spacial score (nSPS) is 70.8. The Kier molecular flexibility index (Phi) is 3.46. The third-order valence-electron chi connectivity index (χ3n) is 12.3. The highest BCUT2D eigenvalue weighted by Crippen LogP contribution is 2.76. The molecule has 26 heavy (non-hydrogen) atoms. The summed E-state index contributed by atoms with van der Waals surface area (Å²) < 4.78 is 0. The Bertz CT molecular complexity index is 543. The Morgan fingerprint density at radius 1 is 0.346 bits per heavy atom. The molecule has 14 atom stereocenters. The second kappa shape index (κ2) is 5.33. The van der Waals surface area contributed by atoms with E-state index in [0.29, 0.717) is 0 Å². The van der Waals surface area contributed by atoms with Crippen LogP contribution in [0, 0.1) is 94.7 Å². The van der Waals surface area contributed by atoms with E-state index in [-0.39, 0.29) is 0 Å². The summed E-state index contributed by atoms with van der Waals surface area (Å²) in [4.78, 5) is 0. The van der Waals surface area contributed by atoms with E-state index in [0.717, 1.165) is 94.7 Å². The van der Waals surface area contributed by atoms with Crippen LogP contribution >= 0.6 is 0 Å². The number of rotatable bonds is 0. The van der Waals surface area contributed by atoms with Crippen molar-refractivity contribution in [1.29, 1.82) is 0 Å². The van der Waals surface area contributed by atoms with E-state index >= 15 is 0 Å². The van der Waals surface area contributed by atoms with Gasteiger partial charge in [-0.3, -0.25) is 0 Å². The van der Waals surface area contributed by atoms with Crippen molar-refractivity contribution in [1.82, 2.24) is 0 Å². The molecular formula is C26H42. The van der Waals surface area contributed by atoms with Gasteiger partial charge in [0.2, 0.25) is 0 Å². The standard InChI is InChI=1S/C26H42/c1-11-7-9-17-19(11)13(3)21-15(5)23-16(6)22-14(4)20-12(2)8-10-18(20)25(22)26(23)24(17)21/h11-26H,7-10H2,1-6H3. The number of hydrogen-bond acceptors (Lipinski definition) is 0. The third kappa shape index (κ3) is 1.72. The predicted molar refractivity (Wildman–Crippen MR) is 108 cm³/mol. The van der Waals surface area contributed by atoms with Gasteiger partial charge in [0.1, 0.15) is 0 Å². The topological polar surface area (TPSA) is 0 Å². The average Bonchev–Trinajstić information content (AvgIpc) is 3.35. The van der Waals surface area contributed by atoms with Crippen molar-refractivity contribution in [2.45, 2.75) is 67.2 Å². The van der Waals surface area contributed by atoms with Gasteiger partial charge in [0.05, 0.1) is 0 Å². The fourth-order valence-corrected chi connectivity index (χ4v) is 12.2. The molecule has 0 radical (unpaired) electrons. The van der Waals surface area contributed by atoms with E-state index in [4.69, 9.17) is 0 Å². The number of fused-ring (bicyclic) bond motifs is 9. The van der Waals surface area contributed by atoms with E-state index in [2.05, 4.69) is 41.5 Å². The molecule has 0 heteroatoms. The minimum Gasteiger partial charge on any atom is -0.0622 e. The zero-order valence-electron chi connectivity index (χ0n) is 18.1. The molecule has 6 fully saturated rings. The Balaban J connectivity index is 1.43. The van der Waals surface area contributed by atoms with Crippen molar-refractivity contribution in [2.24, 2.45) is 94.7 Å². The Labute approximate surface area is 162 Å². The molecule has 146 valence electrons. The first kappa shape index (κ1) is 16.9. The molecule has 0 nitrogen and oxygen atoms in total. The molecule has 6 aliphatic carbocycles. The summed E-state index contributed by atoms with van der Waals surface area (Å²) in [5, 5.41) is 0. The van der Waals surface area contributed by atoms with Gasteiger partial charge in [-0.05, 0) is 108 Å². The van der Waals surface area contributed by atoms with Crippen molar-refractivity contribution < 1.29 is 0 Å². The molecule has 6 aliphatic rings. The van der Waals surface area contributed by atoms with E-state index in [1.807, 2.05) is 0 Å². The lowest BCUT2D eigenvalue weighted by molar-refractivity contribution is 0.139. The van der Waals surface area contributed by atoms with Crippen LogP contribution in [0.3, 0.4) is 0 Å². The van der Waals surface area contributed by atoms with Gasteiger partial charge in [0.15, 0.2) is 0 Å². The molecule has 0 spiro atoms. The smallest absolute Gasteiger partial charge is 0.0313 e. The van der Waals surface area contributed by atoms with Gasteiger partial charge in [0, 0.05) is 0 Å². The fraction of sp³-hybridized carbons (Fsp3) is 1.00. The molecule has 14 unspecified atom stereocenters. The highest BCUT2D eigenvalue weighted by atomic mass is 14.8. The van der Waals surface area contributed by atoms with Gasteiger partial charge in [-0.15, -0.1) is 0 Å². The summed E-state index contributed by atoms with van der Waals surface area (Å²) in [6.45, 7) is 16.0. The van der Waals surface area contributed by atoms with Crippen LogP contribution in [-0.2, 0) is 0 Å². The van der Waals surface area contributed by atoms with E-state index < -0.39 is 0 Å². The monoisotopic (exact) mass is 354 g/mol. The van der Waals surface area contributed by atoms with E-state index in [1.165, 1.54) is 12.8 Å². The molecule has 0 saturated heterocycles. The maximum Gasteiger partial charge on any atom is -0.0313 e. The minimum atomic E-state index is 1.02. The molecule has 0 aromatic carbocycles. The van der Waals surface area contributed by atoms with Crippen LogP contribution in [0.25, 0.3) is 0 Å². The molecule has 6 saturated carbocycles. The lowest BCUT2D eigenvalue weighted by Gasteiger charge is -2.33. The summed E-state index contributed by atoms with van der Waals surface area (Å²) in [6.07, 6.45) is 6.24. The lowest BCUT2D eigenvalue weighted by Crippen LogP contribution is -2.29. The van der Waals surface area contributed by atoms with Crippen molar-refractivity contribution in [2.75, 3.05) is 0 Å². The largest absolute Gasteiger partial charge is 0.0622 e. The van der Waals surface area contributed by atoms with Crippen molar-refractivity contribution >= 4 is 0 Å². The molecule has 0 aromatic rings. The Hall–Kier alpha value is 0. The zero-order chi connectivity index (χ0) is 18.1. The highest BCUT2D eigenvalue weighted by molar-refractivity contribution is 5.19. The van der Waals surface area contributed by atoms with Crippen LogP contribution in [-0.4, -0.2) is 0 Å². The first-order chi connectivity index (χ1) is 12.4. The van der Waals surface area contributed by atoms with Gasteiger partial charge < -0.3 is 0 Å². The molecule has 0 aromatic heterocycles. The summed E-state index contributed by atoms with van der Waals surface area (Å²) in [5.74, 6) is 17.1. The van der Waals surface area contributed by atoms with Gasteiger partial charge in [0.25, 0.3) is 0 Å². The Morgan fingerprint density at radius 3 is 1.12 bits per heavy atom. The van der Waals surface area contributed by atoms with Crippen LogP contribution in [0.2, 0.25) is 0 Å². The Morgan fingerprint density at radius 2 is 0.692 bits per heavy atom. The SMILES string of the molecule is CC1CCC2C1C(C)C1C(C)C3C(C)C4C(C)C5C(C)CCC5C4C3C21. The van der Waals surface area contributed by atoms with Crippen molar-refractivity contribution in [3.8, 4) is 0 Å². The first-order valence-electron chi connectivity index (χ1n) is 12.4. The molecular weight excluding hydrogens is 312 g/mol. The summed E-state index contributed by atoms with van der Waals surface area (Å²) in [5.41, 5.74) is 0. The third-order valence-corrected chi connectivity index (χ3v) is 12.3. The minimum absolute atomic E-state index is 1.02. The van der Waals surface area contributed by atoms with Gasteiger partial charge in [-0.2, -0.15) is 0 Å². The van der Waals surface area contributed by atoms with E-state index in [9.17, 15) is 0 Å². The number of hydrogen-bond donors (Lipinski definition) is 0. The molecule has 0 aliphatic heterocycles. The summed E-state index contributed by atoms with van der Waals surface area (Å²) in [7, 11) is 0.